The molecule has 43 heavy (non-hydrogen) atoms. The molecule has 2 atom stereocenters. The summed E-state index contributed by atoms with van der Waals surface area (Å²) in [6.45, 7) is 9.70. The minimum Gasteiger partial charge on any atom is -0.494 e. The van der Waals surface area contributed by atoms with Gasteiger partial charge in [0.1, 0.15) is 5.75 Å². The molecule has 1 aliphatic heterocycles. The molecule has 222 valence electrons. The van der Waals surface area contributed by atoms with E-state index in [1.807, 2.05) is 75.6 Å². The van der Waals surface area contributed by atoms with Crippen LogP contribution in [0.2, 0.25) is 0 Å². The largest absolute Gasteiger partial charge is 0.494 e. The number of nitro benzene ring substituents is 1. The minimum absolute atomic E-state index is 0.0431. The van der Waals surface area contributed by atoms with Gasteiger partial charge < -0.3 is 24.8 Å². The van der Waals surface area contributed by atoms with Gasteiger partial charge in [-0.15, -0.1) is 0 Å². The number of non-ortho nitro benzene ring substituents is 1. The maximum Gasteiger partial charge on any atom is 0.273 e. The van der Waals surface area contributed by atoms with Crippen molar-refractivity contribution in [2.24, 2.45) is 5.92 Å². The number of pyridine rings is 1. The molecule has 1 amide bonds. The van der Waals surface area contributed by atoms with E-state index in [9.17, 15) is 14.9 Å². The molecule has 1 fully saturated rings. The Labute approximate surface area is 255 Å². The molecule has 0 radical (unpaired) electrons. The number of carbonyl (C=O) groups is 1. The number of amides is 1. The first-order chi connectivity index (χ1) is 20.5. The zero-order valence-electron chi connectivity index (χ0n) is 24.9. The fourth-order valence-electron chi connectivity index (χ4n) is 5.59. The van der Waals surface area contributed by atoms with Crippen molar-refractivity contribution < 1.29 is 14.5 Å². The van der Waals surface area contributed by atoms with Crippen LogP contribution in [0.4, 0.5) is 17.1 Å². The molecule has 0 saturated carbocycles. The van der Waals surface area contributed by atoms with Crippen LogP contribution >= 0.6 is 12.2 Å². The molecule has 3 heterocycles. The van der Waals surface area contributed by atoms with Crippen molar-refractivity contribution in [3.05, 3.63) is 105 Å². The Kier molecular flexibility index (Phi) is 8.19. The van der Waals surface area contributed by atoms with Gasteiger partial charge >= 0.3 is 0 Å². The molecule has 10 nitrogen and oxygen atoms in total. The summed E-state index contributed by atoms with van der Waals surface area (Å²) in [6, 6.07) is 17.9. The summed E-state index contributed by atoms with van der Waals surface area (Å²) in [5.74, 6) is 0.217. The van der Waals surface area contributed by atoms with Gasteiger partial charge in [-0.05, 0) is 86.6 Å². The third-order valence-electron chi connectivity index (χ3n) is 7.77. The quantitative estimate of drug-likeness (QED) is 0.134. The minimum atomic E-state index is -0.435. The number of benzene rings is 2. The first-order valence-corrected chi connectivity index (χ1v) is 14.4. The molecule has 0 spiro atoms. The lowest BCUT2D eigenvalue weighted by atomic mass is 9.96. The predicted molar refractivity (Wildman–Crippen MR) is 171 cm³/mol. The highest BCUT2D eigenvalue weighted by Crippen LogP contribution is 2.45. The SMILES string of the molecule is COc1cc([N+](=O)[O-])ccc1-n1c(C)cc([C@H]2[C@@H](c3ccccn3)NC(=S)N2c2ccc(NC(=O)C(C)C)c(C)c2)c1C. The molecule has 0 aliphatic carbocycles. The average Bonchev–Trinajstić information content (AvgIpc) is 3.48. The number of aryl methyl sites for hydroxylation is 2. The van der Waals surface area contributed by atoms with E-state index in [1.54, 1.807) is 12.3 Å². The van der Waals surface area contributed by atoms with Gasteiger partial charge in [-0.2, -0.15) is 0 Å². The number of nitrogens with zero attached hydrogens (tertiary/aromatic N) is 4. The van der Waals surface area contributed by atoms with E-state index in [-0.39, 0.29) is 29.6 Å². The Morgan fingerprint density at radius 3 is 2.51 bits per heavy atom. The Bertz CT molecular complexity index is 1720. The van der Waals surface area contributed by atoms with Gasteiger partial charge in [0.25, 0.3) is 5.69 Å². The summed E-state index contributed by atoms with van der Waals surface area (Å²) in [4.78, 5) is 30.1. The monoisotopic (exact) mass is 598 g/mol. The van der Waals surface area contributed by atoms with Gasteiger partial charge in [0.15, 0.2) is 5.11 Å². The zero-order chi connectivity index (χ0) is 31.0. The molecule has 2 N–H and O–H groups in total. The summed E-state index contributed by atoms with van der Waals surface area (Å²) in [7, 11) is 1.51. The second-order valence-electron chi connectivity index (χ2n) is 10.9. The lowest BCUT2D eigenvalue weighted by Gasteiger charge is -2.29. The van der Waals surface area contributed by atoms with E-state index < -0.39 is 4.92 Å². The number of carbonyl (C=O) groups excluding carboxylic acids is 1. The van der Waals surface area contributed by atoms with Gasteiger partial charge in [0, 0.05) is 40.9 Å². The van der Waals surface area contributed by atoms with E-state index in [1.165, 1.54) is 19.2 Å². The van der Waals surface area contributed by atoms with Crippen LogP contribution in [0.15, 0.2) is 66.9 Å². The summed E-state index contributed by atoms with van der Waals surface area (Å²) >= 11 is 5.94. The second kappa shape index (κ2) is 11.8. The van der Waals surface area contributed by atoms with E-state index in [4.69, 9.17) is 17.0 Å². The Hall–Kier alpha value is -4.77. The smallest absolute Gasteiger partial charge is 0.273 e. The molecular formula is C32H34N6O4S. The predicted octanol–water partition coefficient (Wildman–Crippen LogP) is 6.49. The number of rotatable bonds is 8. The van der Waals surface area contributed by atoms with Crippen LogP contribution in [0.3, 0.4) is 0 Å². The van der Waals surface area contributed by atoms with Crippen LogP contribution < -0.4 is 20.3 Å². The van der Waals surface area contributed by atoms with Crippen LogP contribution in [0.1, 0.15) is 54.1 Å². The number of hydrogen-bond acceptors (Lipinski definition) is 6. The number of hydrogen-bond donors (Lipinski definition) is 2. The van der Waals surface area contributed by atoms with E-state index >= 15 is 0 Å². The van der Waals surface area contributed by atoms with Gasteiger partial charge in [-0.25, -0.2) is 0 Å². The van der Waals surface area contributed by atoms with Crippen molar-refractivity contribution >= 4 is 40.3 Å². The van der Waals surface area contributed by atoms with Crippen molar-refractivity contribution in [3.63, 3.8) is 0 Å². The van der Waals surface area contributed by atoms with Crippen LogP contribution in [0.25, 0.3) is 5.69 Å². The fourth-order valence-corrected chi connectivity index (χ4v) is 5.93. The second-order valence-corrected chi connectivity index (χ2v) is 11.3. The van der Waals surface area contributed by atoms with Crippen LogP contribution in [-0.4, -0.2) is 32.6 Å². The molecular weight excluding hydrogens is 564 g/mol. The number of nitrogens with one attached hydrogen (secondary N) is 2. The van der Waals surface area contributed by atoms with Crippen molar-refractivity contribution in [3.8, 4) is 11.4 Å². The summed E-state index contributed by atoms with van der Waals surface area (Å²) in [6.07, 6.45) is 1.77. The molecule has 2 aromatic carbocycles. The topological polar surface area (TPSA) is 115 Å². The van der Waals surface area contributed by atoms with Gasteiger partial charge in [0.05, 0.1) is 41.6 Å². The molecule has 4 aromatic rings. The molecule has 2 aromatic heterocycles. The highest BCUT2D eigenvalue weighted by Gasteiger charge is 2.42. The molecule has 0 bridgehead atoms. The van der Waals surface area contributed by atoms with Crippen molar-refractivity contribution in [2.45, 2.75) is 46.7 Å². The molecule has 0 unspecified atom stereocenters. The Morgan fingerprint density at radius 1 is 1.12 bits per heavy atom. The zero-order valence-corrected chi connectivity index (χ0v) is 25.7. The van der Waals surface area contributed by atoms with Crippen LogP contribution in [0, 0.1) is 36.8 Å². The van der Waals surface area contributed by atoms with E-state index in [0.29, 0.717) is 16.5 Å². The fraction of sp³-hybridized carbons (Fsp3) is 0.281. The Morgan fingerprint density at radius 2 is 1.88 bits per heavy atom. The third-order valence-corrected chi connectivity index (χ3v) is 8.09. The number of methoxy groups -OCH3 is 1. The summed E-state index contributed by atoms with van der Waals surface area (Å²) in [5, 5.41) is 18.5. The summed E-state index contributed by atoms with van der Waals surface area (Å²) in [5.41, 5.74) is 6.91. The highest BCUT2D eigenvalue weighted by atomic mass is 32.1. The lowest BCUT2D eigenvalue weighted by molar-refractivity contribution is -0.384. The van der Waals surface area contributed by atoms with Crippen molar-refractivity contribution in [2.75, 3.05) is 17.3 Å². The third kappa shape index (κ3) is 5.55. The van der Waals surface area contributed by atoms with Gasteiger partial charge in [-0.1, -0.05) is 19.9 Å². The first-order valence-electron chi connectivity index (χ1n) is 14.0. The van der Waals surface area contributed by atoms with E-state index in [0.717, 1.165) is 39.6 Å². The van der Waals surface area contributed by atoms with E-state index in [2.05, 4.69) is 26.6 Å². The van der Waals surface area contributed by atoms with Crippen LogP contribution in [0.5, 0.6) is 5.75 Å². The number of anilines is 2. The maximum atomic E-state index is 12.4. The number of ether oxygens (including phenoxy) is 1. The molecule has 1 saturated heterocycles. The molecule has 1 aliphatic rings. The molecule has 5 rings (SSSR count). The van der Waals surface area contributed by atoms with Crippen molar-refractivity contribution in [1.82, 2.24) is 14.9 Å². The Balaban J connectivity index is 1.64. The van der Waals surface area contributed by atoms with Crippen molar-refractivity contribution in [1.29, 1.82) is 0 Å². The number of thiocarbonyl (C=S) groups is 1. The van der Waals surface area contributed by atoms with Gasteiger partial charge in [-0.3, -0.25) is 19.9 Å². The number of aromatic nitrogens is 2. The maximum absolute atomic E-state index is 12.4. The average molecular weight is 599 g/mol. The lowest BCUT2D eigenvalue weighted by Crippen LogP contribution is -2.29. The number of nitro groups is 1. The van der Waals surface area contributed by atoms with Crippen LogP contribution in [-0.2, 0) is 4.79 Å². The highest BCUT2D eigenvalue weighted by molar-refractivity contribution is 7.80. The van der Waals surface area contributed by atoms with Gasteiger partial charge in [0.2, 0.25) is 5.91 Å². The molecule has 11 heteroatoms. The first kappa shape index (κ1) is 29.7. The standard InChI is InChI=1S/C32H34N6O4S/c1-18(2)31(39)34-25-12-10-22(15-19(25)3)37-30(29(35-32(37)43)26-9-7-8-14-33-26)24-16-20(4)36(21(24)5)27-13-11-23(38(40)41)17-28(27)42-6/h7-18,29-30H,1-6H3,(H,34,39)(H,35,43)/t29-,30+/m1/s1. The normalized spacial score (nSPS) is 16.3. The summed E-state index contributed by atoms with van der Waals surface area (Å²) < 4.78 is 7.64.